The van der Waals surface area contributed by atoms with Crippen molar-refractivity contribution in [1.29, 1.82) is 0 Å². The lowest BCUT2D eigenvalue weighted by Gasteiger charge is -2.33. The SMILES string of the molecule is CN1CCN(c2ncnc(N3CCCCC3)c2[N+](=O)[O-])CC1. The van der Waals surface area contributed by atoms with Gasteiger partial charge in [-0.3, -0.25) is 10.1 Å². The van der Waals surface area contributed by atoms with E-state index in [1.165, 1.54) is 12.7 Å². The predicted molar refractivity (Wildman–Crippen MR) is 84.5 cm³/mol. The molecule has 0 aromatic carbocycles. The lowest BCUT2D eigenvalue weighted by molar-refractivity contribution is -0.383. The van der Waals surface area contributed by atoms with Crippen LogP contribution in [0.2, 0.25) is 0 Å². The lowest BCUT2D eigenvalue weighted by Crippen LogP contribution is -2.45. The number of hydrogen-bond acceptors (Lipinski definition) is 7. The van der Waals surface area contributed by atoms with Gasteiger partial charge in [0.1, 0.15) is 6.33 Å². The fourth-order valence-corrected chi connectivity index (χ4v) is 3.11. The van der Waals surface area contributed by atoms with Crippen LogP contribution in [0, 0.1) is 10.1 Å². The van der Waals surface area contributed by atoms with Crippen LogP contribution >= 0.6 is 0 Å². The Morgan fingerprint density at radius 2 is 1.50 bits per heavy atom. The summed E-state index contributed by atoms with van der Waals surface area (Å²) in [6.07, 6.45) is 4.77. The maximum atomic E-state index is 11.7. The Morgan fingerprint density at radius 3 is 2.05 bits per heavy atom. The summed E-state index contributed by atoms with van der Waals surface area (Å²) in [5.41, 5.74) is 0.0638. The third kappa shape index (κ3) is 2.96. The topological polar surface area (TPSA) is 78.6 Å². The Hall–Kier alpha value is -1.96. The standard InChI is InChI=1S/C14H22N6O2/c1-17-7-9-19(10-8-17)14-12(20(21)22)13(15-11-16-14)18-5-3-2-4-6-18/h11H,2-10H2,1H3. The molecule has 0 bridgehead atoms. The van der Waals surface area contributed by atoms with Crippen LogP contribution in [-0.2, 0) is 0 Å². The molecular formula is C14H22N6O2. The molecule has 0 spiro atoms. The molecular weight excluding hydrogens is 284 g/mol. The van der Waals surface area contributed by atoms with Crippen molar-refractivity contribution in [3.05, 3.63) is 16.4 Å². The van der Waals surface area contributed by atoms with Gasteiger partial charge in [0.25, 0.3) is 0 Å². The van der Waals surface area contributed by atoms with Gasteiger partial charge in [0, 0.05) is 39.3 Å². The van der Waals surface area contributed by atoms with E-state index in [9.17, 15) is 10.1 Å². The van der Waals surface area contributed by atoms with Gasteiger partial charge in [-0.2, -0.15) is 0 Å². The zero-order chi connectivity index (χ0) is 15.5. The molecule has 22 heavy (non-hydrogen) atoms. The minimum Gasteiger partial charge on any atom is -0.351 e. The average molecular weight is 306 g/mol. The Kier molecular flexibility index (Phi) is 4.37. The molecule has 1 aromatic rings. The molecule has 8 nitrogen and oxygen atoms in total. The van der Waals surface area contributed by atoms with Gasteiger partial charge in [-0.25, -0.2) is 9.97 Å². The fourth-order valence-electron chi connectivity index (χ4n) is 3.11. The average Bonchev–Trinajstić information content (AvgIpc) is 2.55. The quantitative estimate of drug-likeness (QED) is 0.611. The molecule has 0 atom stereocenters. The number of likely N-dealkylation sites (N-methyl/N-ethyl adjacent to an activating group) is 1. The molecule has 8 heteroatoms. The number of anilines is 2. The molecule has 2 aliphatic rings. The molecule has 2 aliphatic heterocycles. The van der Waals surface area contributed by atoms with Gasteiger partial charge >= 0.3 is 5.69 Å². The number of piperidine rings is 1. The van der Waals surface area contributed by atoms with Gasteiger partial charge in [0.05, 0.1) is 4.92 Å². The first-order valence-electron chi connectivity index (χ1n) is 7.84. The van der Waals surface area contributed by atoms with Crippen LogP contribution in [0.5, 0.6) is 0 Å². The number of hydrogen-bond donors (Lipinski definition) is 0. The van der Waals surface area contributed by atoms with E-state index in [-0.39, 0.29) is 10.6 Å². The van der Waals surface area contributed by atoms with Gasteiger partial charge in [0.2, 0.25) is 11.6 Å². The second-order valence-corrected chi connectivity index (χ2v) is 5.96. The van der Waals surface area contributed by atoms with E-state index in [0.717, 1.165) is 52.1 Å². The summed E-state index contributed by atoms with van der Waals surface area (Å²) in [5.74, 6) is 0.947. The number of nitrogens with zero attached hydrogens (tertiary/aromatic N) is 6. The Morgan fingerprint density at radius 1 is 0.955 bits per heavy atom. The number of rotatable bonds is 3. The maximum absolute atomic E-state index is 11.7. The van der Waals surface area contributed by atoms with E-state index in [0.29, 0.717) is 11.6 Å². The molecule has 1 aromatic heterocycles. The third-order valence-electron chi connectivity index (χ3n) is 4.42. The van der Waals surface area contributed by atoms with E-state index < -0.39 is 0 Å². The Labute approximate surface area is 129 Å². The molecule has 0 amide bonds. The highest BCUT2D eigenvalue weighted by molar-refractivity contribution is 5.71. The van der Waals surface area contributed by atoms with Crippen molar-refractivity contribution in [2.75, 3.05) is 56.1 Å². The van der Waals surface area contributed by atoms with Gasteiger partial charge in [-0.15, -0.1) is 0 Å². The number of aromatic nitrogens is 2. The zero-order valence-corrected chi connectivity index (χ0v) is 12.9. The van der Waals surface area contributed by atoms with Crippen molar-refractivity contribution in [1.82, 2.24) is 14.9 Å². The highest BCUT2D eigenvalue weighted by Crippen LogP contribution is 2.35. The summed E-state index contributed by atoms with van der Waals surface area (Å²) >= 11 is 0. The molecule has 0 unspecified atom stereocenters. The Bertz CT molecular complexity index is 538. The molecule has 3 rings (SSSR count). The minimum atomic E-state index is -0.322. The van der Waals surface area contributed by atoms with Crippen LogP contribution in [0.4, 0.5) is 17.3 Å². The van der Waals surface area contributed by atoms with E-state index in [1.807, 2.05) is 9.80 Å². The number of piperazine rings is 1. The van der Waals surface area contributed by atoms with Crippen molar-refractivity contribution >= 4 is 17.3 Å². The molecule has 0 aliphatic carbocycles. The van der Waals surface area contributed by atoms with Crippen LogP contribution in [0.1, 0.15) is 19.3 Å². The summed E-state index contributed by atoms with van der Waals surface area (Å²) in [7, 11) is 2.06. The highest BCUT2D eigenvalue weighted by atomic mass is 16.6. The van der Waals surface area contributed by atoms with Gasteiger partial charge in [-0.1, -0.05) is 0 Å². The van der Waals surface area contributed by atoms with Crippen molar-refractivity contribution in [3.63, 3.8) is 0 Å². The Balaban J connectivity index is 1.94. The first kappa shape index (κ1) is 15.0. The molecule has 0 N–H and O–H groups in total. The highest BCUT2D eigenvalue weighted by Gasteiger charge is 2.31. The van der Waals surface area contributed by atoms with E-state index in [1.54, 1.807) is 0 Å². The van der Waals surface area contributed by atoms with Gasteiger partial charge in [0.15, 0.2) is 0 Å². The molecule has 0 saturated carbocycles. The molecule has 3 heterocycles. The monoisotopic (exact) mass is 306 g/mol. The minimum absolute atomic E-state index is 0.0638. The second-order valence-electron chi connectivity index (χ2n) is 5.96. The van der Waals surface area contributed by atoms with E-state index in [2.05, 4.69) is 21.9 Å². The largest absolute Gasteiger partial charge is 0.353 e. The normalized spacial score (nSPS) is 20.2. The third-order valence-corrected chi connectivity index (χ3v) is 4.42. The van der Waals surface area contributed by atoms with Crippen LogP contribution in [0.15, 0.2) is 6.33 Å². The fraction of sp³-hybridized carbons (Fsp3) is 0.714. The van der Waals surface area contributed by atoms with Gasteiger partial charge < -0.3 is 14.7 Å². The summed E-state index contributed by atoms with van der Waals surface area (Å²) < 4.78 is 0. The summed E-state index contributed by atoms with van der Waals surface area (Å²) in [5, 5.41) is 11.7. The van der Waals surface area contributed by atoms with Crippen molar-refractivity contribution in [2.24, 2.45) is 0 Å². The smallest absolute Gasteiger partial charge is 0.351 e. The van der Waals surface area contributed by atoms with Crippen LogP contribution < -0.4 is 9.80 Å². The lowest BCUT2D eigenvalue weighted by atomic mass is 10.1. The van der Waals surface area contributed by atoms with Crippen LogP contribution in [0.3, 0.4) is 0 Å². The molecule has 0 radical (unpaired) electrons. The van der Waals surface area contributed by atoms with Crippen molar-refractivity contribution < 1.29 is 4.92 Å². The molecule has 2 fully saturated rings. The number of nitro groups is 1. The first-order chi connectivity index (χ1) is 10.7. The van der Waals surface area contributed by atoms with Gasteiger partial charge in [-0.05, 0) is 26.3 Å². The van der Waals surface area contributed by atoms with Crippen molar-refractivity contribution in [2.45, 2.75) is 19.3 Å². The summed E-state index contributed by atoms with van der Waals surface area (Å²) in [6, 6.07) is 0. The van der Waals surface area contributed by atoms with Crippen LogP contribution in [-0.4, -0.2) is 66.1 Å². The maximum Gasteiger partial charge on any atom is 0.353 e. The molecule has 120 valence electrons. The van der Waals surface area contributed by atoms with E-state index in [4.69, 9.17) is 0 Å². The van der Waals surface area contributed by atoms with E-state index >= 15 is 0 Å². The summed E-state index contributed by atoms with van der Waals surface area (Å²) in [6.45, 7) is 4.96. The van der Waals surface area contributed by atoms with Crippen molar-refractivity contribution in [3.8, 4) is 0 Å². The predicted octanol–water partition coefficient (Wildman–Crippen LogP) is 1.13. The first-order valence-corrected chi connectivity index (χ1v) is 7.84. The van der Waals surface area contributed by atoms with Crippen LogP contribution in [0.25, 0.3) is 0 Å². The second kappa shape index (κ2) is 6.43. The summed E-state index contributed by atoms with van der Waals surface area (Å²) in [4.78, 5) is 26.0. The molecule has 2 saturated heterocycles. The zero-order valence-electron chi connectivity index (χ0n) is 12.9.